The Balaban J connectivity index is 2.22. The van der Waals surface area contributed by atoms with Crippen LogP contribution >= 0.6 is 11.3 Å². The molecule has 0 fully saturated rings. The summed E-state index contributed by atoms with van der Waals surface area (Å²) < 4.78 is 5.60. The molecule has 0 spiro atoms. The number of aryl methyl sites for hydroxylation is 1. The zero-order valence-electron chi connectivity index (χ0n) is 8.60. The first-order valence-electron chi connectivity index (χ1n) is 4.82. The zero-order valence-corrected chi connectivity index (χ0v) is 9.41. The van der Waals surface area contributed by atoms with Crippen molar-refractivity contribution < 1.29 is 4.42 Å². The van der Waals surface area contributed by atoms with Crippen LogP contribution in [-0.4, -0.2) is 9.97 Å². The lowest BCUT2D eigenvalue weighted by Gasteiger charge is -1.90. The maximum absolute atomic E-state index is 5.87. The van der Waals surface area contributed by atoms with Gasteiger partial charge in [0.2, 0.25) is 5.71 Å². The second kappa shape index (κ2) is 3.31. The molecule has 2 N–H and O–H groups in total. The fourth-order valence-corrected chi connectivity index (χ4v) is 2.31. The number of anilines is 1. The van der Waals surface area contributed by atoms with Gasteiger partial charge in [0.15, 0.2) is 5.76 Å². The highest BCUT2D eigenvalue weighted by Gasteiger charge is 2.13. The molecule has 80 valence electrons. The first kappa shape index (κ1) is 9.35. The second-order valence-electron chi connectivity index (χ2n) is 3.45. The van der Waals surface area contributed by atoms with Gasteiger partial charge in [0.25, 0.3) is 0 Å². The molecule has 16 heavy (non-hydrogen) atoms. The molecular weight excluding hydrogens is 222 g/mol. The van der Waals surface area contributed by atoms with Crippen molar-refractivity contribution in [2.45, 2.75) is 6.92 Å². The lowest BCUT2D eigenvalue weighted by atomic mass is 10.3. The fourth-order valence-electron chi connectivity index (χ4n) is 1.61. The van der Waals surface area contributed by atoms with Gasteiger partial charge in [-0.1, -0.05) is 0 Å². The van der Waals surface area contributed by atoms with Crippen LogP contribution in [0.5, 0.6) is 0 Å². The van der Waals surface area contributed by atoms with Gasteiger partial charge in [-0.3, -0.25) is 0 Å². The second-order valence-corrected chi connectivity index (χ2v) is 4.69. The van der Waals surface area contributed by atoms with Crippen molar-refractivity contribution in [1.82, 2.24) is 9.97 Å². The van der Waals surface area contributed by atoms with Crippen LogP contribution < -0.4 is 5.73 Å². The Morgan fingerprint density at radius 3 is 3.00 bits per heavy atom. The van der Waals surface area contributed by atoms with E-state index < -0.39 is 0 Å². The van der Waals surface area contributed by atoms with E-state index in [-0.39, 0.29) is 0 Å². The Morgan fingerprint density at radius 1 is 1.44 bits per heavy atom. The number of fused-ring (bicyclic) bond motifs is 1. The number of nitrogen functional groups attached to an aromatic ring is 1. The van der Waals surface area contributed by atoms with E-state index in [0.29, 0.717) is 22.2 Å². The third-order valence-corrected chi connectivity index (χ3v) is 3.09. The normalized spacial score (nSPS) is 11.1. The van der Waals surface area contributed by atoms with Crippen molar-refractivity contribution in [1.29, 1.82) is 0 Å². The Bertz CT molecular complexity index is 623. The lowest BCUT2D eigenvalue weighted by molar-refractivity contribution is 0.616. The molecular formula is C11H9N3OS. The van der Waals surface area contributed by atoms with Crippen LogP contribution in [0, 0.1) is 6.92 Å². The largest absolute Gasteiger partial charge is 0.436 e. The number of rotatable bonds is 1. The molecule has 0 aromatic carbocycles. The third-order valence-electron chi connectivity index (χ3n) is 2.29. The summed E-state index contributed by atoms with van der Waals surface area (Å²) in [6.07, 6.45) is 1.70. The van der Waals surface area contributed by atoms with Gasteiger partial charge >= 0.3 is 0 Å². The summed E-state index contributed by atoms with van der Waals surface area (Å²) in [5, 5.41) is 2.57. The molecule has 3 heterocycles. The van der Waals surface area contributed by atoms with Crippen molar-refractivity contribution in [3.05, 3.63) is 29.4 Å². The predicted molar refractivity (Wildman–Crippen MR) is 64.3 cm³/mol. The van der Waals surface area contributed by atoms with Crippen molar-refractivity contribution in [2.75, 3.05) is 5.73 Å². The Kier molecular flexibility index (Phi) is 1.94. The number of nitrogens with zero attached hydrogens (tertiary/aromatic N) is 2. The summed E-state index contributed by atoms with van der Waals surface area (Å²) >= 11 is 1.46. The molecule has 0 atom stereocenters. The van der Waals surface area contributed by atoms with E-state index >= 15 is 0 Å². The summed E-state index contributed by atoms with van der Waals surface area (Å²) in [7, 11) is 0. The first-order chi connectivity index (χ1) is 7.74. The molecule has 0 aliphatic rings. The molecule has 3 rings (SSSR count). The number of thiazole rings is 1. The summed E-state index contributed by atoms with van der Waals surface area (Å²) in [4.78, 5) is 8.48. The van der Waals surface area contributed by atoms with E-state index in [1.165, 1.54) is 11.3 Å². The lowest BCUT2D eigenvalue weighted by Crippen LogP contribution is -1.83. The van der Waals surface area contributed by atoms with E-state index in [9.17, 15) is 0 Å². The van der Waals surface area contributed by atoms with Crippen LogP contribution in [0.2, 0.25) is 0 Å². The van der Waals surface area contributed by atoms with E-state index in [2.05, 4.69) is 9.97 Å². The molecule has 0 saturated carbocycles. The standard InChI is InChI=1S/C11H9N3OS/c1-6-14-9(10(12)16-6)8-5-7-3-2-4-13-11(7)15-8/h2-5H,12H2,1H3. The first-order valence-corrected chi connectivity index (χ1v) is 5.63. The molecule has 0 bridgehead atoms. The molecule has 3 aromatic rings. The van der Waals surface area contributed by atoms with Gasteiger partial charge in [0, 0.05) is 11.6 Å². The fraction of sp³-hybridized carbons (Fsp3) is 0.0909. The van der Waals surface area contributed by atoms with E-state index in [1.54, 1.807) is 6.20 Å². The molecule has 5 heteroatoms. The van der Waals surface area contributed by atoms with Crippen molar-refractivity contribution >= 4 is 27.4 Å². The van der Waals surface area contributed by atoms with Gasteiger partial charge in [0.05, 0.1) is 5.01 Å². The van der Waals surface area contributed by atoms with E-state index in [1.807, 2.05) is 25.1 Å². The minimum atomic E-state index is 0.613. The minimum Gasteiger partial charge on any atom is -0.436 e. The highest BCUT2D eigenvalue weighted by molar-refractivity contribution is 7.16. The number of aromatic nitrogens is 2. The molecule has 4 nitrogen and oxygen atoms in total. The summed E-state index contributed by atoms with van der Waals surface area (Å²) in [5.74, 6) is 0.676. The van der Waals surface area contributed by atoms with Crippen LogP contribution in [0.15, 0.2) is 28.8 Å². The van der Waals surface area contributed by atoms with Crippen molar-refractivity contribution in [3.8, 4) is 11.5 Å². The molecule has 0 radical (unpaired) electrons. The number of nitrogens with two attached hydrogens (primary N) is 1. The van der Waals surface area contributed by atoms with Crippen LogP contribution in [0.25, 0.3) is 22.6 Å². The third kappa shape index (κ3) is 1.37. The van der Waals surface area contributed by atoms with Gasteiger partial charge in [-0.2, -0.15) is 0 Å². The Morgan fingerprint density at radius 2 is 2.31 bits per heavy atom. The van der Waals surface area contributed by atoms with Crippen LogP contribution in [0.4, 0.5) is 5.00 Å². The van der Waals surface area contributed by atoms with Crippen molar-refractivity contribution in [3.63, 3.8) is 0 Å². The molecule has 3 aromatic heterocycles. The van der Waals surface area contributed by atoms with Gasteiger partial charge < -0.3 is 10.2 Å². The van der Waals surface area contributed by atoms with Crippen molar-refractivity contribution in [2.24, 2.45) is 0 Å². The van der Waals surface area contributed by atoms with Gasteiger partial charge in [0.1, 0.15) is 10.7 Å². The summed E-state index contributed by atoms with van der Waals surface area (Å²) in [6.45, 7) is 1.92. The number of furan rings is 1. The quantitative estimate of drug-likeness (QED) is 0.699. The Hall–Kier alpha value is -1.88. The van der Waals surface area contributed by atoms with Gasteiger partial charge in [-0.25, -0.2) is 9.97 Å². The van der Waals surface area contributed by atoms with Crippen LogP contribution in [0.1, 0.15) is 5.01 Å². The van der Waals surface area contributed by atoms with Crippen LogP contribution in [0.3, 0.4) is 0 Å². The number of hydrogen-bond acceptors (Lipinski definition) is 5. The predicted octanol–water partition coefficient (Wildman–Crippen LogP) is 2.84. The van der Waals surface area contributed by atoms with Gasteiger partial charge in [-0.15, -0.1) is 11.3 Å². The maximum Gasteiger partial charge on any atom is 0.226 e. The van der Waals surface area contributed by atoms with E-state index in [4.69, 9.17) is 10.2 Å². The molecule has 0 aliphatic heterocycles. The topological polar surface area (TPSA) is 64.9 Å². The smallest absolute Gasteiger partial charge is 0.226 e. The highest BCUT2D eigenvalue weighted by Crippen LogP contribution is 2.33. The van der Waals surface area contributed by atoms with E-state index in [0.717, 1.165) is 10.4 Å². The average Bonchev–Trinajstić information content (AvgIpc) is 2.81. The van der Waals surface area contributed by atoms with Gasteiger partial charge in [-0.05, 0) is 25.1 Å². The number of hydrogen-bond donors (Lipinski definition) is 1. The molecule has 0 saturated heterocycles. The summed E-state index contributed by atoms with van der Waals surface area (Å²) in [6, 6.07) is 5.73. The zero-order chi connectivity index (χ0) is 11.1. The average molecular weight is 231 g/mol. The van der Waals surface area contributed by atoms with Crippen LogP contribution in [-0.2, 0) is 0 Å². The maximum atomic E-state index is 5.87. The molecule has 0 unspecified atom stereocenters. The monoisotopic (exact) mass is 231 g/mol. The number of pyridine rings is 1. The Labute approximate surface area is 95.7 Å². The SMILES string of the molecule is Cc1nc(-c2cc3cccnc3o2)c(N)s1. The minimum absolute atomic E-state index is 0.613. The summed E-state index contributed by atoms with van der Waals surface area (Å²) in [5.41, 5.74) is 7.19. The highest BCUT2D eigenvalue weighted by atomic mass is 32.1. The molecule has 0 amide bonds. The molecule has 0 aliphatic carbocycles.